The number of ether oxygens (including phenoxy) is 1. The summed E-state index contributed by atoms with van der Waals surface area (Å²) in [5.74, 6) is 1.70. The van der Waals surface area contributed by atoms with E-state index in [0.717, 1.165) is 38.5 Å². The largest absolute Gasteiger partial charge is 0.459 e. The third-order valence-corrected chi connectivity index (χ3v) is 13.9. The van der Waals surface area contributed by atoms with Crippen molar-refractivity contribution in [3.05, 3.63) is 0 Å². The van der Waals surface area contributed by atoms with Crippen LogP contribution in [0.4, 0.5) is 0 Å². The van der Waals surface area contributed by atoms with Crippen LogP contribution in [0.2, 0.25) is 0 Å². The number of fused-ring (bicyclic) bond motifs is 7. The molecule has 0 spiro atoms. The van der Waals surface area contributed by atoms with E-state index in [0.29, 0.717) is 23.7 Å². The zero-order valence-electron chi connectivity index (χ0n) is 24.6. The monoisotopic (exact) mass is 502 g/mol. The molecule has 2 N–H and O–H groups in total. The lowest BCUT2D eigenvalue weighted by Crippen LogP contribution is -2.74. The van der Waals surface area contributed by atoms with Gasteiger partial charge in [0.25, 0.3) is 0 Å². The molecule has 0 heterocycles. The number of aliphatic hydroxyl groups excluding tert-OH is 1. The van der Waals surface area contributed by atoms with E-state index in [1.165, 1.54) is 26.2 Å². The highest BCUT2D eigenvalue weighted by atomic mass is 16.6. The van der Waals surface area contributed by atoms with Gasteiger partial charge in [0.1, 0.15) is 6.10 Å². The molecule has 0 aromatic carbocycles. The van der Waals surface area contributed by atoms with Crippen molar-refractivity contribution in [1.29, 1.82) is 0 Å². The van der Waals surface area contributed by atoms with Gasteiger partial charge in [-0.25, -0.2) is 0 Å². The van der Waals surface area contributed by atoms with Crippen LogP contribution in [0.15, 0.2) is 0 Å². The summed E-state index contributed by atoms with van der Waals surface area (Å²) >= 11 is 0. The Kier molecular flexibility index (Phi) is 5.97. The quantitative estimate of drug-likeness (QED) is 0.409. The summed E-state index contributed by atoms with van der Waals surface area (Å²) < 4.78 is 6.27. The highest BCUT2D eigenvalue weighted by Gasteiger charge is 2.75. The maximum Gasteiger partial charge on any atom is 0.303 e. The molecule has 5 saturated carbocycles. The molecule has 5 aliphatic carbocycles. The molecule has 11 atom stereocenters. The molecule has 11 unspecified atom stereocenters. The van der Waals surface area contributed by atoms with Crippen LogP contribution in [0.1, 0.15) is 120 Å². The Morgan fingerprint density at radius 3 is 2.11 bits per heavy atom. The van der Waals surface area contributed by atoms with E-state index in [9.17, 15) is 15.0 Å². The zero-order chi connectivity index (χ0) is 26.7. The van der Waals surface area contributed by atoms with Crippen molar-refractivity contribution >= 4 is 5.97 Å². The molecular weight excluding hydrogens is 448 g/mol. The summed E-state index contributed by atoms with van der Waals surface area (Å²) in [7, 11) is 0. The van der Waals surface area contributed by atoms with Gasteiger partial charge in [0.15, 0.2) is 0 Å². The van der Waals surface area contributed by atoms with Gasteiger partial charge < -0.3 is 14.9 Å². The Labute approximate surface area is 220 Å². The molecule has 4 nitrogen and oxygen atoms in total. The maximum atomic E-state index is 12.6. The lowest BCUT2D eigenvalue weighted by atomic mass is 9.31. The second-order valence-electron chi connectivity index (χ2n) is 16.2. The molecule has 0 radical (unpaired) electrons. The van der Waals surface area contributed by atoms with Gasteiger partial charge in [0.05, 0.1) is 11.7 Å². The summed E-state index contributed by atoms with van der Waals surface area (Å²) in [6.07, 6.45) is 9.24. The maximum absolute atomic E-state index is 12.6. The van der Waals surface area contributed by atoms with E-state index < -0.39 is 17.8 Å². The third-order valence-electron chi connectivity index (χ3n) is 13.9. The number of aliphatic hydroxyl groups is 2. The van der Waals surface area contributed by atoms with Gasteiger partial charge in [-0.2, -0.15) is 0 Å². The number of rotatable bonds is 2. The molecule has 206 valence electrons. The first-order valence-electron chi connectivity index (χ1n) is 15.0. The number of esters is 1. The third kappa shape index (κ3) is 3.28. The van der Waals surface area contributed by atoms with E-state index in [1.807, 2.05) is 13.8 Å². The predicted molar refractivity (Wildman–Crippen MR) is 143 cm³/mol. The molecule has 0 saturated heterocycles. The Balaban J connectivity index is 1.63. The van der Waals surface area contributed by atoms with Crippen molar-refractivity contribution in [3.8, 4) is 0 Å². The smallest absolute Gasteiger partial charge is 0.303 e. The summed E-state index contributed by atoms with van der Waals surface area (Å²) in [4.78, 5) is 12.6. The SMILES string of the molecule is CC(=O)OC1C(O)C2C(C)(C)CCCC2(C)C2CCC3C4(C)CCC(C(C)(C)O)C4CCC3(C)C12C. The molecule has 5 rings (SSSR count). The Morgan fingerprint density at radius 1 is 0.861 bits per heavy atom. The number of carbonyl (C=O) groups is 1. The molecule has 36 heavy (non-hydrogen) atoms. The summed E-state index contributed by atoms with van der Waals surface area (Å²) in [6.45, 7) is 20.1. The van der Waals surface area contributed by atoms with Crippen molar-refractivity contribution < 1.29 is 19.7 Å². The van der Waals surface area contributed by atoms with E-state index in [4.69, 9.17) is 4.74 Å². The Bertz CT molecular complexity index is 904. The van der Waals surface area contributed by atoms with E-state index >= 15 is 0 Å². The molecule has 5 aliphatic rings. The van der Waals surface area contributed by atoms with Crippen molar-refractivity contribution in [2.75, 3.05) is 0 Å². The van der Waals surface area contributed by atoms with Gasteiger partial charge in [0, 0.05) is 12.3 Å². The van der Waals surface area contributed by atoms with Crippen molar-refractivity contribution in [2.24, 2.45) is 56.7 Å². The van der Waals surface area contributed by atoms with Gasteiger partial charge >= 0.3 is 5.97 Å². The van der Waals surface area contributed by atoms with Gasteiger partial charge in [-0.1, -0.05) is 48.0 Å². The minimum absolute atomic E-state index is 0.0215. The van der Waals surface area contributed by atoms with Crippen LogP contribution in [-0.4, -0.2) is 34.0 Å². The zero-order valence-corrected chi connectivity index (χ0v) is 24.6. The Morgan fingerprint density at radius 2 is 1.50 bits per heavy atom. The summed E-state index contributed by atoms with van der Waals surface area (Å²) in [5.41, 5.74) is -0.691. The first kappa shape index (κ1) is 27.0. The molecule has 5 fully saturated rings. The average molecular weight is 503 g/mol. The highest BCUT2D eigenvalue weighted by molar-refractivity contribution is 5.66. The van der Waals surface area contributed by atoms with Crippen LogP contribution < -0.4 is 0 Å². The first-order chi connectivity index (χ1) is 16.4. The van der Waals surface area contributed by atoms with Crippen LogP contribution in [-0.2, 0) is 9.53 Å². The number of carbonyl (C=O) groups excluding carboxylic acids is 1. The minimum atomic E-state index is -0.646. The van der Waals surface area contributed by atoms with Crippen molar-refractivity contribution in [2.45, 2.75) is 138 Å². The fourth-order valence-electron chi connectivity index (χ4n) is 12.6. The van der Waals surface area contributed by atoms with Gasteiger partial charge in [-0.05, 0) is 116 Å². The molecule has 0 amide bonds. The van der Waals surface area contributed by atoms with Crippen molar-refractivity contribution in [3.63, 3.8) is 0 Å². The summed E-state index contributed by atoms with van der Waals surface area (Å²) in [6, 6.07) is 0. The first-order valence-corrected chi connectivity index (χ1v) is 15.0. The fourth-order valence-corrected chi connectivity index (χ4v) is 12.6. The topological polar surface area (TPSA) is 66.8 Å². The standard InChI is InChI=1S/C32H54O4/c1-19(33)36-26-24(34)25-27(2,3)15-10-16-30(25,7)23-12-11-22-29(6)17-13-20(28(4,5)35)21(29)14-18-31(22,8)32(23,26)9/h20-26,34-35H,10-18H2,1-9H3. The van der Waals surface area contributed by atoms with Crippen LogP contribution in [0, 0.1) is 56.7 Å². The number of hydrogen-bond acceptors (Lipinski definition) is 4. The molecule has 0 aromatic heterocycles. The lowest BCUT2D eigenvalue weighted by Gasteiger charge is -2.75. The van der Waals surface area contributed by atoms with Crippen LogP contribution in [0.3, 0.4) is 0 Å². The second-order valence-corrected chi connectivity index (χ2v) is 16.2. The van der Waals surface area contributed by atoms with E-state index in [1.54, 1.807) is 0 Å². The minimum Gasteiger partial charge on any atom is -0.459 e. The van der Waals surface area contributed by atoms with Gasteiger partial charge in [0.2, 0.25) is 0 Å². The highest BCUT2D eigenvalue weighted by Crippen LogP contribution is 2.78. The molecule has 0 aromatic rings. The second kappa shape index (κ2) is 7.96. The fraction of sp³-hybridized carbons (Fsp3) is 0.969. The predicted octanol–water partition coefficient (Wildman–Crippen LogP) is 6.76. The molecular formula is C32H54O4. The van der Waals surface area contributed by atoms with E-state index in [2.05, 4.69) is 41.5 Å². The summed E-state index contributed by atoms with van der Waals surface area (Å²) in [5, 5.41) is 23.3. The van der Waals surface area contributed by atoms with Crippen LogP contribution >= 0.6 is 0 Å². The molecule has 4 heteroatoms. The average Bonchev–Trinajstić information content (AvgIpc) is 3.08. The normalized spacial score (nSPS) is 54.0. The van der Waals surface area contributed by atoms with E-state index in [-0.39, 0.29) is 39.0 Å². The molecule has 0 bridgehead atoms. The van der Waals surface area contributed by atoms with Crippen molar-refractivity contribution in [1.82, 2.24) is 0 Å². The van der Waals surface area contributed by atoms with Gasteiger partial charge in [-0.15, -0.1) is 0 Å². The molecule has 0 aliphatic heterocycles. The Hall–Kier alpha value is -0.610. The lowest BCUT2D eigenvalue weighted by molar-refractivity contribution is -0.313. The number of hydrogen-bond donors (Lipinski definition) is 2. The van der Waals surface area contributed by atoms with Crippen LogP contribution in [0.25, 0.3) is 0 Å². The van der Waals surface area contributed by atoms with Gasteiger partial charge in [-0.3, -0.25) is 4.79 Å². The van der Waals surface area contributed by atoms with Crippen LogP contribution in [0.5, 0.6) is 0 Å².